The van der Waals surface area contributed by atoms with E-state index in [0.29, 0.717) is 30.6 Å². The predicted octanol–water partition coefficient (Wildman–Crippen LogP) is 2.99. The number of ether oxygens (including phenoxy) is 1. The van der Waals surface area contributed by atoms with Gasteiger partial charge in [-0.25, -0.2) is 9.97 Å². The van der Waals surface area contributed by atoms with Gasteiger partial charge >= 0.3 is 5.95 Å². The standard InChI is InChI=1S/C15H12N4O3S/c1-20-19-10-4-6-21-15-12(10)18-13(22-15)11-8-17-14(23-11)9-3-2-5-16-7-9/h2-3,5,7-8H,4,6H2,1H3/b19-10+. The summed E-state index contributed by atoms with van der Waals surface area (Å²) in [6.45, 7) is 0.494. The van der Waals surface area contributed by atoms with Crippen molar-refractivity contribution >= 4 is 17.0 Å². The fourth-order valence-corrected chi connectivity index (χ4v) is 3.08. The zero-order valence-electron chi connectivity index (χ0n) is 12.2. The molecule has 3 aromatic heterocycles. The van der Waals surface area contributed by atoms with E-state index in [0.717, 1.165) is 21.2 Å². The predicted molar refractivity (Wildman–Crippen MR) is 84.5 cm³/mol. The zero-order valence-corrected chi connectivity index (χ0v) is 13.0. The molecule has 4 heterocycles. The maximum atomic E-state index is 5.70. The molecule has 4 rings (SSSR count). The molecule has 7 nitrogen and oxygen atoms in total. The minimum absolute atomic E-state index is 0.373. The Morgan fingerprint density at radius 2 is 2.30 bits per heavy atom. The Labute approximate surface area is 135 Å². The molecule has 0 bridgehead atoms. The van der Waals surface area contributed by atoms with Crippen molar-refractivity contribution in [2.75, 3.05) is 13.7 Å². The van der Waals surface area contributed by atoms with Crippen molar-refractivity contribution in [2.24, 2.45) is 5.16 Å². The Morgan fingerprint density at radius 3 is 3.13 bits per heavy atom. The second kappa shape index (κ2) is 5.81. The lowest BCUT2D eigenvalue weighted by molar-refractivity contribution is 0.206. The van der Waals surface area contributed by atoms with Gasteiger partial charge < -0.3 is 14.0 Å². The minimum atomic E-state index is 0.373. The molecule has 3 aromatic rings. The molecule has 0 aromatic carbocycles. The SMILES string of the molecule is CO/N=C1\CCOc2oc(-c3cnc(-c4cccnc4)s3)nc21. The average Bonchev–Trinajstić information content (AvgIpc) is 3.23. The van der Waals surface area contributed by atoms with Crippen molar-refractivity contribution in [3.63, 3.8) is 0 Å². The largest absolute Gasteiger partial charge is 0.463 e. The van der Waals surface area contributed by atoms with Gasteiger partial charge in [-0.1, -0.05) is 5.16 Å². The van der Waals surface area contributed by atoms with E-state index in [1.165, 1.54) is 18.4 Å². The van der Waals surface area contributed by atoms with Crippen LogP contribution in [0.1, 0.15) is 12.1 Å². The van der Waals surface area contributed by atoms with E-state index < -0.39 is 0 Å². The van der Waals surface area contributed by atoms with Crippen molar-refractivity contribution in [3.05, 3.63) is 36.4 Å². The molecular weight excluding hydrogens is 316 g/mol. The molecule has 0 saturated heterocycles. The molecule has 0 aliphatic carbocycles. The van der Waals surface area contributed by atoms with Crippen molar-refractivity contribution in [1.29, 1.82) is 0 Å². The summed E-state index contributed by atoms with van der Waals surface area (Å²) in [6, 6.07) is 3.84. The summed E-state index contributed by atoms with van der Waals surface area (Å²) in [4.78, 5) is 18.7. The maximum absolute atomic E-state index is 5.70. The number of oxime groups is 1. The van der Waals surface area contributed by atoms with Gasteiger partial charge in [0.15, 0.2) is 5.69 Å². The van der Waals surface area contributed by atoms with E-state index in [4.69, 9.17) is 14.0 Å². The molecular formula is C15H12N4O3S. The van der Waals surface area contributed by atoms with Crippen LogP contribution < -0.4 is 4.74 Å². The number of fused-ring (bicyclic) bond motifs is 1. The molecule has 0 atom stereocenters. The van der Waals surface area contributed by atoms with Gasteiger partial charge in [0, 0.05) is 24.4 Å². The fourth-order valence-electron chi connectivity index (χ4n) is 2.25. The molecule has 0 amide bonds. The van der Waals surface area contributed by atoms with E-state index in [1.807, 2.05) is 12.1 Å². The fraction of sp³-hybridized carbons (Fsp3) is 0.200. The molecule has 0 saturated carbocycles. The Kier molecular flexibility index (Phi) is 3.51. The highest BCUT2D eigenvalue weighted by atomic mass is 32.1. The summed E-state index contributed by atoms with van der Waals surface area (Å²) in [5.41, 5.74) is 2.27. The number of hydrogen-bond acceptors (Lipinski definition) is 8. The topological polar surface area (TPSA) is 82.6 Å². The van der Waals surface area contributed by atoms with Crippen LogP contribution in [0, 0.1) is 0 Å². The molecule has 0 spiro atoms. The van der Waals surface area contributed by atoms with Crippen molar-refractivity contribution in [3.8, 4) is 27.3 Å². The number of rotatable bonds is 3. The molecule has 23 heavy (non-hydrogen) atoms. The van der Waals surface area contributed by atoms with Crippen LogP contribution in [-0.4, -0.2) is 34.4 Å². The molecule has 0 N–H and O–H groups in total. The van der Waals surface area contributed by atoms with Crippen LogP contribution in [-0.2, 0) is 4.84 Å². The van der Waals surface area contributed by atoms with Crippen LogP contribution in [0.5, 0.6) is 5.95 Å². The molecule has 0 unspecified atom stereocenters. The summed E-state index contributed by atoms with van der Waals surface area (Å²) in [5.74, 6) is 0.840. The van der Waals surface area contributed by atoms with Crippen molar-refractivity contribution in [1.82, 2.24) is 15.0 Å². The summed E-state index contributed by atoms with van der Waals surface area (Å²) >= 11 is 1.48. The normalized spacial score (nSPS) is 15.3. The molecule has 1 aliphatic rings. The van der Waals surface area contributed by atoms with Crippen LogP contribution in [0.4, 0.5) is 0 Å². The lowest BCUT2D eigenvalue weighted by Gasteiger charge is -2.10. The van der Waals surface area contributed by atoms with E-state index in [9.17, 15) is 0 Å². The quantitative estimate of drug-likeness (QED) is 0.687. The van der Waals surface area contributed by atoms with E-state index >= 15 is 0 Å². The van der Waals surface area contributed by atoms with Crippen molar-refractivity contribution < 1.29 is 14.0 Å². The summed E-state index contributed by atoms with van der Waals surface area (Å²) in [7, 11) is 1.51. The zero-order chi connectivity index (χ0) is 15.6. The molecule has 0 fully saturated rings. The van der Waals surface area contributed by atoms with Crippen molar-refractivity contribution in [2.45, 2.75) is 6.42 Å². The maximum Gasteiger partial charge on any atom is 0.315 e. The molecule has 0 radical (unpaired) electrons. The highest BCUT2D eigenvalue weighted by molar-refractivity contribution is 7.18. The number of hydrogen-bond donors (Lipinski definition) is 0. The number of oxazole rings is 1. The Hall–Kier alpha value is -2.74. The highest BCUT2D eigenvalue weighted by Crippen LogP contribution is 2.35. The lowest BCUT2D eigenvalue weighted by Crippen LogP contribution is -2.15. The van der Waals surface area contributed by atoms with E-state index in [1.54, 1.807) is 18.6 Å². The number of nitrogens with zero attached hydrogens (tertiary/aromatic N) is 4. The Bertz CT molecular complexity index is 857. The third-order valence-electron chi connectivity index (χ3n) is 3.27. The smallest absolute Gasteiger partial charge is 0.315 e. The summed E-state index contributed by atoms with van der Waals surface area (Å²) in [6.07, 6.45) is 5.87. The van der Waals surface area contributed by atoms with Gasteiger partial charge in [0.25, 0.3) is 0 Å². The first-order valence-corrected chi connectivity index (χ1v) is 7.77. The monoisotopic (exact) mass is 328 g/mol. The van der Waals surface area contributed by atoms with E-state index in [-0.39, 0.29) is 0 Å². The van der Waals surface area contributed by atoms with Gasteiger partial charge in [0.05, 0.1) is 12.8 Å². The average molecular weight is 328 g/mol. The third-order valence-corrected chi connectivity index (χ3v) is 4.30. The van der Waals surface area contributed by atoms with Gasteiger partial charge in [-0.3, -0.25) is 4.98 Å². The number of thiazole rings is 1. The summed E-state index contributed by atoms with van der Waals surface area (Å²) < 4.78 is 11.2. The van der Waals surface area contributed by atoms with Crippen LogP contribution >= 0.6 is 11.3 Å². The van der Waals surface area contributed by atoms with Crippen LogP contribution in [0.2, 0.25) is 0 Å². The molecule has 1 aliphatic heterocycles. The Morgan fingerprint density at radius 1 is 1.35 bits per heavy atom. The number of pyridine rings is 1. The Balaban J connectivity index is 1.70. The molecule has 116 valence electrons. The van der Waals surface area contributed by atoms with Crippen LogP contribution in [0.3, 0.4) is 0 Å². The lowest BCUT2D eigenvalue weighted by atomic mass is 10.2. The van der Waals surface area contributed by atoms with Gasteiger partial charge in [-0.05, 0) is 12.1 Å². The minimum Gasteiger partial charge on any atom is -0.463 e. The van der Waals surface area contributed by atoms with Crippen LogP contribution in [0.15, 0.2) is 40.3 Å². The van der Waals surface area contributed by atoms with Crippen LogP contribution in [0.25, 0.3) is 21.3 Å². The second-order valence-electron chi connectivity index (χ2n) is 4.75. The first kappa shape index (κ1) is 13.9. The first-order chi connectivity index (χ1) is 11.3. The third kappa shape index (κ3) is 2.57. The summed E-state index contributed by atoms with van der Waals surface area (Å²) in [5, 5.41) is 4.84. The van der Waals surface area contributed by atoms with Gasteiger partial charge in [0.1, 0.15) is 22.7 Å². The van der Waals surface area contributed by atoms with Gasteiger partial charge in [0.2, 0.25) is 5.89 Å². The first-order valence-electron chi connectivity index (χ1n) is 6.96. The highest BCUT2D eigenvalue weighted by Gasteiger charge is 2.26. The van der Waals surface area contributed by atoms with Gasteiger partial charge in [-0.2, -0.15) is 0 Å². The molecule has 8 heteroatoms. The van der Waals surface area contributed by atoms with Gasteiger partial charge in [-0.15, -0.1) is 11.3 Å². The second-order valence-corrected chi connectivity index (χ2v) is 5.78. The van der Waals surface area contributed by atoms with E-state index in [2.05, 4.69) is 20.1 Å². The number of aromatic nitrogens is 3.